The van der Waals surface area contributed by atoms with Crippen molar-refractivity contribution in [1.29, 1.82) is 0 Å². The zero-order valence-corrected chi connectivity index (χ0v) is 8.83. The fraction of sp³-hybridized carbons (Fsp3) is 0.700. The van der Waals surface area contributed by atoms with Crippen LogP contribution in [0.1, 0.15) is 33.6 Å². The van der Waals surface area contributed by atoms with Crippen LogP contribution in [0.25, 0.3) is 0 Å². The highest BCUT2D eigenvalue weighted by molar-refractivity contribution is 6.00. The third kappa shape index (κ3) is 5.45. The highest BCUT2D eigenvalue weighted by Gasteiger charge is 2.18. The van der Waals surface area contributed by atoms with Gasteiger partial charge in [-0.05, 0) is 26.7 Å². The number of esters is 1. The van der Waals surface area contributed by atoms with Gasteiger partial charge in [-0.3, -0.25) is 14.4 Å². The largest absolute Gasteiger partial charge is 0.466 e. The minimum Gasteiger partial charge on any atom is -0.466 e. The number of ketones is 2. The highest BCUT2D eigenvalue weighted by Crippen LogP contribution is 2.09. The Morgan fingerprint density at radius 3 is 1.93 bits per heavy atom. The zero-order valence-electron chi connectivity index (χ0n) is 8.83. The second-order valence-electron chi connectivity index (χ2n) is 3.26. The maximum Gasteiger partial charge on any atom is 0.302 e. The van der Waals surface area contributed by atoms with E-state index in [0.717, 1.165) is 0 Å². The minimum atomic E-state index is -0.537. The van der Waals surface area contributed by atoms with Crippen LogP contribution in [-0.4, -0.2) is 24.1 Å². The van der Waals surface area contributed by atoms with Gasteiger partial charge in [-0.15, -0.1) is 0 Å². The van der Waals surface area contributed by atoms with Gasteiger partial charge in [0.25, 0.3) is 0 Å². The van der Waals surface area contributed by atoms with Crippen LogP contribution in [0.15, 0.2) is 0 Å². The van der Waals surface area contributed by atoms with Gasteiger partial charge in [-0.2, -0.15) is 0 Å². The molecule has 0 heterocycles. The molecule has 0 saturated carbocycles. The SMILES string of the molecule is CC(=O)OCCCC(C(C)=O)C(C)=O. The van der Waals surface area contributed by atoms with Gasteiger partial charge in [0.15, 0.2) is 0 Å². The molecule has 0 aromatic heterocycles. The summed E-state index contributed by atoms with van der Waals surface area (Å²) < 4.78 is 4.69. The lowest BCUT2D eigenvalue weighted by molar-refractivity contribution is -0.141. The molecular formula is C10H16O4. The predicted molar refractivity (Wildman–Crippen MR) is 50.7 cm³/mol. The van der Waals surface area contributed by atoms with Crippen LogP contribution >= 0.6 is 0 Å². The fourth-order valence-electron chi connectivity index (χ4n) is 1.20. The second kappa shape index (κ2) is 6.29. The van der Waals surface area contributed by atoms with Gasteiger partial charge < -0.3 is 4.74 Å². The fourth-order valence-corrected chi connectivity index (χ4v) is 1.20. The molecule has 0 bridgehead atoms. The van der Waals surface area contributed by atoms with Crippen LogP contribution in [0.4, 0.5) is 0 Å². The van der Waals surface area contributed by atoms with Crippen LogP contribution in [-0.2, 0) is 19.1 Å². The van der Waals surface area contributed by atoms with E-state index in [9.17, 15) is 14.4 Å². The number of hydrogen-bond donors (Lipinski definition) is 0. The molecule has 0 fully saturated rings. The van der Waals surface area contributed by atoms with Crippen molar-refractivity contribution in [3.63, 3.8) is 0 Å². The quantitative estimate of drug-likeness (QED) is 0.366. The Kier molecular flexibility index (Phi) is 5.76. The number of ether oxygens (including phenoxy) is 1. The molecule has 0 aliphatic carbocycles. The maximum atomic E-state index is 11.0. The lowest BCUT2D eigenvalue weighted by atomic mass is 9.95. The molecule has 0 radical (unpaired) electrons. The first kappa shape index (κ1) is 12.8. The molecule has 0 unspecified atom stereocenters. The maximum absolute atomic E-state index is 11.0. The summed E-state index contributed by atoms with van der Waals surface area (Å²) >= 11 is 0. The molecular weight excluding hydrogens is 184 g/mol. The third-order valence-corrected chi connectivity index (χ3v) is 1.92. The summed E-state index contributed by atoms with van der Waals surface area (Å²) in [6.07, 6.45) is 1.00. The van der Waals surface area contributed by atoms with Crippen LogP contribution in [0, 0.1) is 5.92 Å². The Labute approximate surface area is 83.6 Å². The van der Waals surface area contributed by atoms with E-state index in [4.69, 9.17) is 4.74 Å². The molecule has 4 heteroatoms. The number of hydrogen-bond acceptors (Lipinski definition) is 4. The summed E-state index contributed by atoms with van der Waals surface area (Å²) in [5, 5.41) is 0. The van der Waals surface area contributed by atoms with Crippen molar-refractivity contribution in [1.82, 2.24) is 0 Å². The van der Waals surface area contributed by atoms with Crippen LogP contribution in [0.5, 0.6) is 0 Å². The van der Waals surface area contributed by atoms with E-state index in [2.05, 4.69) is 0 Å². The summed E-state index contributed by atoms with van der Waals surface area (Å²) in [5.41, 5.74) is 0. The molecule has 14 heavy (non-hydrogen) atoms. The van der Waals surface area contributed by atoms with Crippen molar-refractivity contribution in [3.8, 4) is 0 Å². The average molecular weight is 200 g/mol. The lowest BCUT2D eigenvalue weighted by Gasteiger charge is -2.09. The van der Waals surface area contributed by atoms with Crippen LogP contribution in [0.2, 0.25) is 0 Å². The Balaban J connectivity index is 3.78. The van der Waals surface area contributed by atoms with E-state index in [0.29, 0.717) is 12.8 Å². The molecule has 0 rings (SSSR count). The molecule has 0 aromatic rings. The van der Waals surface area contributed by atoms with Crippen molar-refractivity contribution in [3.05, 3.63) is 0 Å². The number of carbonyl (C=O) groups is 3. The van der Waals surface area contributed by atoms with Crippen molar-refractivity contribution < 1.29 is 19.1 Å². The number of carbonyl (C=O) groups excluding carboxylic acids is 3. The zero-order chi connectivity index (χ0) is 11.1. The topological polar surface area (TPSA) is 60.4 Å². The molecule has 0 saturated heterocycles. The molecule has 0 N–H and O–H groups in total. The molecule has 4 nitrogen and oxygen atoms in total. The molecule has 0 atom stereocenters. The van der Waals surface area contributed by atoms with Gasteiger partial charge >= 0.3 is 5.97 Å². The molecule has 0 amide bonds. The summed E-state index contributed by atoms with van der Waals surface area (Å²) in [5.74, 6) is -1.13. The van der Waals surface area contributed by atoms with E-state index in [1.54, 1.807) is 0 Å². The molecule has 0 aromatic carbocycles. The summed E-state index contributed by atoms with van der Waals surface area (Å²) in [4.78, 5) is 32.4. The Morgan fingerprint density at radius 1 is 1.07 bits per heavy atom. The van der Waals surface area contributed by atoms with Gasteiger partial charge in [0, 0.05) is 6.92 Å². The Morgan fingerprint density at radius 2 is 1.57 bits per heavy atom. The normalized spacial score (nSPS) is 10.0. The van der Waals surface area contributed by atoms with E-state index in [1.807, 2.05) is 0 Å². The molecule has 0 aliphatic rings. The Bertz CT molecular complexity index is 218. The van der Waals surface area contributed by atoms with Crippen molar-refractivity contribution in [2.24, 2.45) is 5.92 Å². The van der Waals surface area contributed by atoms with E-state index in [-0.39, 0.29) is 24.1 Å². The van der Waals surface area contributed by atoms with Crippen molar-refractivity contribution in [2.45, 2.75) is 33.6 Å². The first-order valence-electron chi connectivity index (χ1n) is 4.59. The first-order valence-corrected chi connectivity index (χ1v) is 4.59. The van der Waals surface area contributed by atoms with Crippen LogP contribution < -0.4 is 0 Å². The van der Waals surface area contributed by atoms with Gasteiger partial charge in [0.05, 0.1) is 12.5 Å². The van der Waals surface area contributed by atoms with Crippen molar-refractivity contribution >= 4 is 17.5 Å². The molecule has 0 spiro atoms. The highest BCUT2D eigenvalue weighted by atomic mass is 16.5. The first-order chi connectivity index (χ1) is 6.45. The minimum absolute atomic E-state index is 0.125. The predicted octanol–water partition coefficient (Wildman–Crippen LogP) is 1.12. The van der Waals surface area contributed by atoms with Crippen molar-refractivity contribution in [2.75, 3.05) is 6.61 Å². The Hall–Kier alpha value is -1.19. The summed E-state index contributed by atoms with van der Waals surface area (Å²) in [6, 6.07) is 0. The summed E-state index contributed by atoms with van der Waals surface area (Å²) in [6.45, 7) is 4.40. The lowest BCUT2D eigenvalue weighted by Crippen LogP contribution is -2.20. The standard InChI is InChI=1S/C10H16O4/c1-7(11)10(8(2)12)5-4-6-14-9(3)13/h10H,4-6H2,1-3H3. The van der Waals surface area contributed by atoms with E-state index in [1.165, 1.54) is 20.8 Å². The van der Waals surface area contributed by atoms with E-state index >= 15 is 0 Å². The van der Waals surface area contributed by atoms with E-state index < -0.39 is 5.92 Å². The number of rotatable bonds is 6. The van der Waals surface area contributed by atoms with Gasteiger partial charge in [0.1, 0.15) is 11.6 Å². The van der Waals surface area contributed by atoms with Gasteiger partial charge in [-0.25, -0.2) is 0 Å². The monoisotopic (exact) mass is 200 g/mol. The number of Topliss-reactive ketones (excluding diaryl/α,β-unsaturated/α-hetero) is 2. The third-order valence-electron chi connectivity index (χ3n) is 1.92. The van der Waals surface area contributed by atoms with Gasteiger partial charge in [-0.1, -0.05) is 0 Å². The molecule has 0 aliphatic heterocycles. The molecule has 80 valence electrons. The van der Waals surface area contributed by atoms with Crippen LogP contribution in [0.3, 0.4) is 0 Å². The second-order valence-corrected chi connectivity index (χ2v) is 3.26. The van der Waals surface area contributed by atoms with Gasteiger partial charge in [0.2, 0.25) is 0 Å². The summed E-state index contributed by atoms with van der Waals surface area (Å²) in [7, 11) is 0. The smallest absolute Gasteiger partial charge is 0.302 e. The average Bonchev–Trinajstić information content (AvgIpc) is 2.01.